The summed E-state index contributed by atoms with van der Waals surface area (Å²) in [5, 5.41) is 5.43. The first-order valence-electron chi connectivity index (χ1n) is 11.5. The van der Waals surface area contributed by atoms with Crippen molar-refractivity contribution >= 4 is 28.5 Å². The maximum absolute atomic E-state index is 13.0. The molecule has 176 valence electrons. The maximum Gasteiger partial charge on any atom is 0.416 e. The Morgan fingerprint density at radius 1 is 1.06 bits per heavy atom. The first-order valence-corrected chi connectivity index (χ1v) is 11.5. The normalized spacial score (nSPS) is 22.9. The van der Waals surface area contributed by atoms with Gasteiger partial charge in [0.05, 0.1) is 16.6 Å². The SMILES string of the molecule is O=C(NC1(C(=O)Nc2cccc(C(F)(F)F)c2)CC1)C1C[C@@H]1c1nc2ccccc2n1C1CC1. The second kappa shape index (κ2) is 7.32. The van der Waals surface area contributed by atoms with Crippen LogP contribution in [0.1, 0.15) is 55.5 Å². The van der Waals surface area contributed by atoms with Crippen LogP contribution in [0.3, 0.4) is 0 Å². The summed E-state index contributed by atoms with van der Waals surface area (Å²) in [7, 11) is 0. The highest BCUT2D eigenvalue weighted by atomic mass is 19.4. The second-order valence-corrected chi connectivity index (χ2v) is 9.61. The molecule has 1 heterocycles. The van der Waals surface area contributed by atoms with Crippen molar-refractivity contribution in [3.05, 3.63) is 59.9 Å². The van der Waals surface area contributed by atoms with E-state index >= 15 is 0 Å². The number of hydrogen-bond donors (Lipinski definition) is 2. The Balaban J connectivity index is 1.14. The summed E-state index contributed by atoms with van der Waals surface area (Å²) in [6, 6.07) is 12.9. The lowest BCUT2D eigenvalue weighted by Crippen LogP contribution is -2.46. The van der Waals surface area contributed by atoms with Crippen LogP contribution in [0, 0.1) is 5.92 Å². The molecule has 0 spiro atoms. The maximum atomic E-state index is 13.0. The molecule has 2 amide bonds. The third kappa shape index (κ3) is 3.73. The van der Waals surface area contributed by atoms with Crippen LogP contribution in [0.2, 0.25) is 0 Å². The van der Waals surface area contributed by atoms with Crippen molar-refractivity contribution in [2.75, 3.05) is 5.32 Å². The lowest BCUT2D eigenvalue weighted by atomic mass is 10.1. The number of imidazole rings is 1. The molecule has 0 aliphatic heterocycles. The zero-order valence-electron chi connectivity index (χ0n) is 18.2. The van der Waals surface area contributed by atoms with E-state index in [-0.39, 0.29) is 23.4 Å². The number of benzene rings is 2. The van der Waals surface area contributed by atoms with Gasteiger partial charge >= 0.3 is 6.18 Å². The van der Waals surface area contributed by atoms with Gasteiger partial charge in [0, 0.05) is 23.6 Å². The van der Waals surface area contributed by atoms with E-state index in [0.29, 0.717) is 25.3 Å². The van der Waals surface area contributed by atoms with Crippen molar-refractivity contribution in [1.29, 1.82) is 0 Å². The third-order valence-corrected chi connectivity index (χ3v) is 6.99. The van der Waals surface area contributed by atoms with Gasteiger partial charge in [-0.3, -0.25) is 9.59 Å². The number of nitrogens with one attached hydrogen (secondary N) is 2. The highest BCUT2D eigenvalue weighted by Gasteiger charge is 2.55. The summed E-state index contributed by atoms with van der Waals surface area (Å²) in [6.45, 7) is 0. The van der Waals surface area contributed by atoms with E-state index in [0.717, 1.165) is 41.8 Å². The first kappa shape index (κ1) is 21.2. The highest BCUT2D eigenvalue weighted by molar-refractivity contribution is 6.03. The van der Waals surface area contributed by atoms with Gasteiger partial charge in [-0.25, -0.2) is 4.98 Å². The van der Waals surface area contributed by atoms with Gasteiger partial charge in [-0.05, 0) is 62.4 Å². The Labute approximate surface area is 193 Å². The van der Waals surface area contributed by atoms with Crippen LogP contribution >= 0.6 is 0 Å². The fourth-order valence-corrected chi connectivity index (χ4v) is 4.70. The summed E-state index contributed by atoms with van der Waals surface area (Å²) in [5.41, 5.74) is 0.177. The minimum Gasteiger partial charge on any atom is -0.341 e. The Morgan fingerprint density at radius 3 is 2.53 bits per heavy atom. The highest BCUT2D eigenvalue weighted by Crippen LogP contribution is 2.51. The second-order valence-electron chi connectivity index (χ2n) is 9.61. The van der Waals surface area contributed by atoms with E-state index in [1.807, 2.05) is 18.2 Å². The molecule has 1 aromatic heterocycles. The number of halogens is 3. The molecule has 3 fully saturated rings. The van der Waals surface area contributed by atoms with Gasteiger partial charge < -0.3 is 15.2 Å². The molecule has 1 unspecified atom stereocenters. The Kier molecular flexibility index (Phi) is 4.56. The zero-order valence-corrected chi connectivity index (χ0v) is 18.2. The van der Waals surface area contributed by atoms with E-state index < -0.39 is 23.2 Å². The Morgan fingerprint density at radius 2 is 1.82 bits per heavy atom. The number of rotatable bonds is 6. The van der Waals surface area contributed by atoms with Crippen molar-refractivity contribution in [2.24, 2.45) is 5.92 Å². The van der Waals surface area contributed by atoms with Crippen LogP contribution in [0.5, 0.6) is 0 Å². The predicted octanol–water partition coefficient (Wildman–Crippen LogP) is 4.78. The minimum atomic E-state index is -4.50. The van der Waals surface area contributed by atoms with Crippen molar-refractivity contribution in [1.82, 2.24) is 14.9 Å². The summed E-state index contributed by atoms with van der Waals surface area (Å²) in [4.78, 5) is 30.7. The molecule has 34 heavy (non-hydrogen) atoms. The van der Waals surface area contributed by atoms with Crippen molar-refractivity contribution in [3.63, 3.8) is 0 Å². The molecule has 0 radical (unpaired) electrons. The molecular formula is C25H23F3N4O2. The largest absolute Gasteiger partial charge is 0.416 e. The van der Waals surface area contributed by atoms with Crippen molar-refractivity contribution in [3.8, 4) is 0 Å². The number of nitrogens with zero attached hydrogens (tertiary/aromatic N) is 2. The molecule has 6 nitrogen and oxygen atoms in total. The molecule has 3 saturated carbocycles. The van der Waals surface area contributed by atoms with Crippen LogP contribution in [0.15, 0.2) is 48.5 Å². The number of carbonyl (C=O) groups is 2. The fraction of sp³-hybridized carbons (Fsp3) is 0.400. The molecule has 3 aliphatic carbocycles. The standard InChI is InChI=1S/C25H23F3N4O2/c26-25(27,28)14-4-3-5-15(12-14)29-23(34)24(10-11-24)31-22(33)18-13-17(18)21-30-19-6-1-2-7-20(19)32(21)16-8-9-16/h1-7,12,16-18H,8-11,13H2,(H,29,34)(H,31,33)/t17-,18?/m0/s1. The van der Waals surface area contributed by atoms with E-state index in [9.17, 15) is 22.8 Å². The summed E-state index contributed by atoms with van der Waals surface area (Å²) >= 11 is 0. The Hall–Kier alpha value is -3.36. The van der Waals surface area contributed by atoms with Crippen LogP contribution in [-0.4, -0.2) is 26.9 Å². The topological polar surface area (TPSA) is 76.0 Å². The predicted molar refractivity (Wildman–Crippen MR) is 119 cm³/mol. The average Bonchev–Trinajstić information content (AvgIpc) is 3.68. The quantitative estimate of drug-likeness (QED) is 0.547. The van der Waals surface area contributed by atoms with Gasteiger partial charge in [0.2, 0.25) is 11.8 Å². The summed E-state index contributed by atoms with van der Waals surface area (Å²) in [6.07, 6.45) is -0.689. The van der Waals surface area contributed by atoms with Crippen LogP contribution in [-0.2, 0) is 15.8 Å². The fourth-order valence-electron chi connectivity index (χ4n) is 4.70. The molecule has 9 heteroatoms. The van der Waals surface area contributed by atoms with Crippen LogP contribution < -0.4 is 10.6 Å². The lowest BCUT2D eigenvalue weighted by molar-refractivity contribution is -0.137. The number of fused-ring (bicyclic) bond motifs is 1. The Bertz CT molecular complexity index is 1310. The van der Waals surface area contributed by atoms with Gasteiger partial charge in [-0.15, -0.1) is 0 Å². The van der Waals surface area contributed by atoms with Gasteiger partial charge in [0.1, 0.15) is 11.4 Å². The van der Waals surface area contributed by atoms with E-state index in [4.69, 9.17) is 4.98 Å². The van der Waals surface area contributed by atoms with Crippen molar-refractivity contribution in [2.45, 2.75) is 55.8 Å². The minimum absolute atomic E-state index is 0.00956. The van der Waals surface area contributed by atoms with Gasteiger partial charge in [-0.1, -0.05) is 18.2 Å². The molecular weight excluding hydrogens is 445 g/mol. The van der Waals surface area contributed by atoms with Gasteiger partial charge in [0.15, 0.2) is 0 Å². The molecule has 2 aromatic carbocycles. The smallest absolute Gasteiger partial charge is 0.341 e. The number of aromatic nitrogens is 2. The molecule has 2 atom stereocenters. The van der Waals surface area contributed by atoms with Crippen LogP contribution in [0.4, 0.5) is 18.9 Å². The summed E-state index contributed by atoms with van der Waals surface area (Å²) in [5.74, 6) is 0.00396. The average molecular weight is 468 g/mol. The third-order valence-electron chi connectivity index (χ3n) is 6.99. The monoisotopic (exact) mass is 468 g/mol. The number of anilines is 1. The van der Waals surface area contributed by atoms with E-state index in [1.165, 1.54) is 12.1 Å². The van der Waals surface area contributed by atoms with Crippen LogP contribution in [0.25, 0.3) is 11.0 Å². The van der Waals surface area contributed by atoms with Gasteiger partial charge in [0.25, 0.3) is 0 Å². The van der Waals surface area contributed by atoms with Crippen molar-refractivity contribution < 1.29 is 22.8 Å². The molecule has 2 N–H and O–H groups in total. The lowest BCUT2D eigenvalue weighted by Gasteiger charge is -2.18. The van der Waals surface area contributed by atoms with E-state index in [1.54, 1.807) is 0 Å². The molecule has 0 bridgehead atoms. The van der Waals surface area contributed by atoms with E-state index in [2.05, 4.69) is 21.3 Å². The first-order chi connectivity index (χ1) is 16.2. The molecule has 6 rings (SSSR count). The molecule has 3 aliphatic rings. The number of alkyl halides is 3. The number of hydrogen-bond acceptors (Lipinski definition) is 3. The molecule has 0 saturated heterocycles. The summed E-state index contributed by atoms with van der Waals surface area (Å²) < 4.78 is 41.2. The number of carbonyl (C=O) groups excluding carboxylic acids is 2. The number of para-hydroxylation sites is 2. The number of amides is 2. The zero-order chi connectivity index (χ0) is 23.7. The molecule has 3 aromatic rings. The van der Waals surface area contributed by atoms with Gasteiger partial charge in [-0.2, -0.15) is 13.2 Å².